The number of benzene rings is 2. The summed E-state index contributed by atoms with van der Waals surface area (Å²) in [5.74, 6) is -0.109. The van der Waals surface area contributed by atoms with Gasteiger partial charge < -0.3 is 15.8 Å². The minimum absolute atomic E-state index is 0. The second-order valence-electron chi connectivity index (χ2n) is 6.21. The van der Waals surface area contributed by atoms with Gasteiger partial charge in [0.15, 0.2) is 0 Å². The summed E-state index contributed by atoms with van der Waals surface area (Å²) in [4.78, 5) is 12.4. The first-order valence-corrected chi connectivity index (χ1v) is 8.44. The molecule has 2 aromatic carbocycles. The van der Waals surface area contributed by atoms with Crippen molar-refractivity contribution in [2.45, 2.75) is 18.3 Å². The van der Waals surface area contributed by atoms with E-state index in [4.69, 9.17) is 22.1 Å². The van der Waals surface area contributed by atoms with Gasteiger partial charge in [-0.3, -0.25) is 4.79 Å². The summed E-state index contributed by atoms with van der Waals surface area (Å²) in [5.41, 5.74) is 7.98. The molecule has 1 aliphatic rings. The molecule has 0 aromatic heterocycles. The van der Waals surface area contributed by atoms with E-state index < -0.39 is 0 Å². The average Bonchev–Trinajstić information content (AvgIpc) is 2.61. The van der Waals surface area contributed by atoms with E-state index in [9.17, 15) is 4.79 Å². The zero-order valence-corrected chi connectivity index (χ0v) is 15.4. The maximum absolute atomic E-state index is 12.4. The highest BCUT2D eigenvalue weighted by atomic mass is 35.5. The Balaban J connectivity index is 0.00000225. The highest BCUT2D eigenvalue weighted by Gasteiger charge is 2.34. The van der Waals surface area contributed by atoms with Gasteiger partial charge in [-0.25, -0.2) is 0 Å². The van der Waals surface area contributed by atoms with E-state index in [-0.39, 0.29) is 23.7 Å². The fourth-order valence-corrected chi connectivity index (χ4v) is 3.29. The summed E-state index contributed by atoms with van der Waals surface area (Å²) in [7, 11) is 0. The third-order valence-electron chi connectivity index (χ3n) is 4.64. The Morgan fingerprint density at radius 3 is 2.48 bits per heavy atom. The lowest BCUT2D eigenvalue weighted by atomic mass is 9.74. The van der Waals surface area contributed by atoms with Crippen LogP contribution in [0.3, 0.4) is 0 Å². The maximum Gasteiger partial charge on any atom is 0.251 e. The van der Waals surface area contributed by atoms with Gasteiger partial charge in [-0.2, -0.15) is 0 Å². The Labute approximate surface area is 159 Å². The second kappa shape index (κ2) is 8.56. The van der Waals surface area contributed by atoms with Gasteiger partial charge in [-0.15, -0.1) is 12.4 Å². The van der Waals surface area contributed by atoms with Crippen molar-refractivity contribution in [1.82, 2.24) is 5.32 Å². The number of hydrogen-bond acceptors (Lipinski definition) is 3. The molecule has 4 nitrogen and oxygen atoms in total. The zero-order valence-electron chi connectivity index (χ0n) is 13.8. The first-order valence-electron chi connectivity index (χ1n) is 8.07. The fraction of sp³-hybridized carbons (Fsp3) is 0.316. The Morgan fingerprint density at radius 1 is 1.16 bits per heavy atom. The molecule has 1 amide bonds. The number of nitrogens with two attached hydrogens (primary N) is 1. The van der Waals surface area contributed by atoms with Crippen LogP contribution < -0.4 is 11.1 Å². The van der Waals surface area contributed by atoms with Gasteiger partial charge in [0.05, 0.1) is 0 Å². The molecule has 0 spiro atoms. The molecular formula is C19H22Cl2N2O2. The summed E-state index contributed by atoms with van der Waals surface area (Å²) >= 11 is 6.01. The van der Waals surface area contributed by atoms with Crippen molar-refractivity contribution >= 4 is 35.6 Å². The van der Waals surface area contributed by atoms with Gasteiger partial charge in [0.25, 0.3) is 5.91 Å². The predicted octanol–water partition coefficient (Wildman–Crippen LogP) is 3.82. The lowest BCUT2D eigenvalue weighted by molar-refractivity contribution is 0.0487. The molecule has 0 atom stereocenters. The van der Waals surface area contributed by atoms with Crippen LogP contribution in [0, 0.1) is 0 Å². The Kier molecular flexibility index (Phi) is 6.71. The number of anilines is 1. The molecule has 1 saturated heterocycles. The van der Waals surface area contributed by atoms with Crippen molar-refractivity contribution in [3.8, 4) is 0 Å². The molecular weight excluding hydrogens is 359 g/mol. The molecule has 3 rings (SSSR count). The van der Waals surface area contributed by atoms with E-state index in [0.717, 1.165) is 12.8 Å². The van der Waals surface area contributed by atoms with Gasteiger partial charge in [-0.05, 0) is 48.7 Å². The minimum atomic E-state index is -0.126. The van der Waals surface area contributed by atoms with E-state index in [1.54, 1.807) is 24.3 Å². The number of nitrogen functional groups attached to an aromatic ring is 1. The van der Waals surface area contributed by atoms with Gasteiger partial charge >= 0.3 is 0 Å². The van der Waals surface area contributed by atoms with E-state index in [1.165, 1.54) is 5.56 Å². The van der Waals surface area contributed by atoms with Crippen LogP contribution in [-0.4, -0.2) is 25.7 Å². The van der Waals surface area contributed by atoms with Crippen LogP contribution in [-0.2, 0) is 10.2 Å². The van der Waals surface area contributed by atoms with Crippen LogP contribution >= 0.6 is 24.0 Å². The van der Waals surface area contributed by atoms with Crippen molar-refractivity contribution in [2.24, 2.45) is 0 Å². The van der Waals surface area contributed by atoms with Gasteiger partial charge in [-0.1, -0.05) is 29.8 Å². The third kappa shape index (κ3) is 4.66. The molecule has 0 radical (unpaired) electrons. The average molecular weight is 381 g/mol. The molecule has 6 heteroatoms. The standard InChI is InChI=1S/C19H21ClN2O2.ClH/c20-16-6-4-15(5-7-16)19(8-10-24-11-9-19)13-22-18(23)14-2-1-3-17(21)12-14;/h1-7,12H,8-11,13,21H2,(H,22,23);1H. The molecule has 1 fully saturated rings. The van der Waals surface area contributed by atoms with E-state index >= 15 is 0 Å². The summed E-state index contributed by atoms with van der Waals surface area (Å²) < 4.78 is 5.52. The lowest BCUT2D eigenvalue weighted by Gasteiger charge is -2.38. The Morgan fingerprint density at radius 2 is 1.84 bits per heavy atom. The lowest BCUT2D eigenvalue weighted by Crippen LogP contribution is -2.44. The number of halogens is 2. The van der Waals surface area contributed by atoms with Gasteiger partial charge in [0, 0.05) is 41.4 Å². The second-order valence-corrected chi connectivity index (χ2v) is 6.64. The van der Waals surface area contributed by atoms with Crippen LogP contribution in [0.1, 0.15) is 28.8 Å². The van der Waals surface area contributed by atoms with Crippen molar-refractivity contribution in [1.29, 1.82) is 0 Å². The SMILES string of the molecule is Cl.Nc1cccc(C(=O)NCC2(c3ccc(Cl)cc3)CCOCC2)c1. The number of ether oxygens (including phenoxy) is 1. The number of carbonyl (C=O) groups is 1. The highest BCUT2D eigenvalue weighted by Crippen LogP contribution is 2.35. The highest BCUT2D eigenvalue weighted by molar-refractivity contribution is 6.30. The van der Waals surface area contributed by atoms with Crippen molar-refractivity contribution in [2.75, 3.05) is 25.5 Å². The van der Waals surface area contributed by atoms with Gasteiger partial charge in [0.2, 0.25) is 0 Å². The van der Waals surface area contributed by atoms with Crippen LogP contribution in [0.15, 0.2) is 48.5 Å². The number of carbonyl (C=O) groups excluding carboxylic acids is 1. The molecule has 2 aromatic rings. The van der Waals surface area contributed by atoms with Crippen molar-refractivity contribution in [3.05, 3.63) is 64.7 Å². The first-order chi connectivity index (χ1) is 11.6. The van der Waals surface area contributed by atoms with E-state index in [2.05, 4.69) is 5.32 Å². The molecule has 1 aliphatic heterocycles. The van der Waals surface area contributed by atoms with Crippen molar-refractivity contribution in [3.63, 3.8) is 0 Å². The monoisotopic (exact) mass is 380 g/mol. The number of hydrogen-bond donors (Lipinski definition) is 2. The molecule has 3 N–H and O–H groups in total. The van der Waals surface area contributed by atoms with E-state index in [1.807, 2.05) is 24.3 Å². The first kappa shape index (κ1) is 19.6. The fourth-order valence-electron chi connectivity index (χ4n) is 3.16. The number of amides is 1. The smallest absolute Gasteiger partial charge is 0.251 e. The summed E-state index contributed by atoms with van der Waals surface area (Å²) in [6.45, 7) is 1.94. The van der Waals surface area contributed by atoms with Gasteiger partial charge in [0.1, 0.15) is 0 Å². The Hall–Kier alpha value is -1.75. The van der Waals surface area contributed by atoms with Crippen LogP contribution in [0.25, 0.3) is 0 Å². The number of rotatable bonds is 4. The molecule has 134 valence electrons. The molecule has 0 bridgehead atoms. The minimum Gasteiger partial charge on any atom is -0.399 e. The maximum atomic E-state index is 12.4. The molecule has 0 saturated carbocycles. The zero-order chi connectivity index (χ0) is 17.0. The van der Waals surface area contributed by atoms with Crippen LogP contribution in [0.5, 0.6) is 0 Å². The normalized spacial score (nSPS) is 15.9. The van der Waals surface area contributed by atoms with E-state index in [0.29, 0.717) is 36.0 Å². The topological polar surface area (TPSA) is 64.4 Å². The van der Waals surface area contributed by atoms with Crippen LogP contribution in [0.2, 0.25) is 5.02 Å². The Bertz CT molecular complexity index is 714. The summed E-state index contributed by atoms with van der Waals surface area (Å²) in [6, 6.07) is 14.9. The van der Waals surface area contributed by atoms with Crippen LogP contribution in [0.4, 0.5) is 5.69 Å². The quantitative estimate of drug-likeness (QED) is 0.792. The van der Waals surface area contributed by atoms with Crippen molar-refractivity contribution < 1.29 is 9.53 Å². The third-order valence-corrected chi connectivity index (χ3v) is 4.89. The summed E-state index contributed by atoms with van der Waals surface area (Å²) in [6.07, 6.45) is 1.73. The summed E-state index contributed by atoms with van der Waals surface area (Å²) in [5, 5.41) is 3.78. The predicted molar refractivity (Wildman–Crippen MR) is 104 cm³/mol. The molecule has 1 heterocycles. The largest absolute Gasteiger partial charge is 0.399 e. The molecule has 0 unspecified atom stereocenters. The molecule has 0 aliphatic carbocycles. The number of nitrogens with one attached hydrogen (secondary N) is 1. The molecule has 25 heavy (non-hydrogen) atoms.